The van der Waals surface area contributed by atoms with Gasteiger partial charge in [-0.25, -0.2) is 9.98 Å². The Hall–Kier alpha value is -1.87. The Kier molecular flexibility index (Phi) is 8.11. The topological polar surface area (TPSA) is 62.5 Å². The molecular formula is C19H23IN4OS. The highest BCUT2D eigenvalue weighted by molar-refractivity contribution is 14.0. The molecule has 0 bridgehead atoms. The van der Waals surface area contributed by atoms with Crippen molar-refractivity contribution < 1.29 is 4.42 Å². The van der Waals surface area contributed by atoms with Gasteiger partial charge in [0.2, 0.25) is 5.89 Å². The van der Waals surface area contributed by atoms with Crippen LogP contribution in [0.15, 0.2) is 57.5 Å². The molecule has 0 spiro atoms. The van der Waals surface area contributed by atoms with Crippen LogP contribution >= 0.6 is 35.3 Å². The molecule has 2 aromatic heterocycles. The zero-order valence-corrected chi connectivity index (χ0v) is 18.0. The molecule has 0 saturated carbocycles. The second-order valence-electron chi connectivity index (χ2n) is 5.60. The molecule has 0 aliphatic heterocycles. The maximum Gasteiger partial charge on any atom is 0.236 e. The van der Waals surface area contributed by atoms with Gasteiger partial charge in [-0.05, 0) is 36.4 Å². The molecule has 1 aromatic carbocycles. The van der Waals surface area contributed by atoms with Crippen molar-refractivity contribution in [1.29, 1.82) is 0 Å². The quantitative estimate of drug-likeness (QED) is 0.307. The summed E-state index contributed by atoms with van der Waals surface area (Å²) in [7, 11) is 0. The van der Waals surface area contributed by atoms with E-state index in [1.165, 1.54) is 11.1 Å². The van der Waals surface area contributed by atoms with E-state index in [1.54, 1.807) is 17.6 Å². The molecule has 0 radical (unpaired) electrons. The highest BCUT2D eigenvalue weighted by Gasteiger charge is 2.08. The van der Waals surface area contributed by atoms with Crippen LogP contribution < -0.4 is 10.6 Å². The van der Waals surface area contributed by atoms with E-state index < -0.39 is 0 Å². The fourth-order valence-corrected chi connectivity index (χ4v) is 3.02. The van der Waals surface area contributed by atoms with Crippen LogP contribution in [-0.2, 0) is 13.1 Å². The lowest BCUT2D eigenvalue weighted by atomic mass is 10.1. The summed E-state index contributed by atoms with van der Waals surface area (Å²) in [4.78, 5) is 10.2. The molecule has 0 atom stereocenters. The van der Waals surface area contributed by atoms with E-state index in [9.17, 15) is 0 Å². The molecule has 2 heterocycles. The number of oxazole rings is 1. The van der Waals surface area contributed by atoms with Crippen LogP contribution in [0.5, 0.6) is 0 Å². The lowest BCUT2D eigenvalue weighted by Crippen LogP contribution is -2.36. The van der Waals surface area contributed by atoms with Crippen LogP contribution in [0.3, 0.4) is 0 Å². The lowest BCUT2D eigenvalue weighted by molar-refractivity contribution is 0.573. The molecule has 0 saturated heterocycles. The lowest BCUT2D eigenvalue weighted by Gasteiger charge is -2.10. The number of nitrogens with one attached hydrogen (secondary N) is 2. The molecule has 0 fully saturated rings. The summed E-state index contributed by atoms with van der Waals surface area (Å²) in [6.45, 7) is 6.16. The molecule has 26 heavy (non-hydrogen) atoms. The van der Waals surface area contributed by atoms with Crippen molar-refractivity contribution in [3.05, 3.63) is 64.9 Å². The third-order valence-electron chi connectivity index (χ3n) is 3.73. The van der Waals surface area contributed by atoms with Gasteiger partial charge in [0.15, 0.2) is 5.96 Å². The molecule has 0 aliphatic rings. The molecule has 2 N–H and O–H groups in total. The second-order valence-corrected chi connectivity index (χ2v) is 6.54. The molecule has 0 aliphatic carbocycles. The minimum atomic E-state index is 0. The smallest absolute Gasteiger partial charge is 0.236 e. The maximum absolute atomic E-state index is 5.55. The van der Waals surface area contributed by atoms with Gasteiger partial charge in [0, 0.05) is 6.54 Å². The number of thiophene rings is 1. The zero-order valence-electron chi connectivity index (χ0n) is 14.9. The predicted molar refractivity (Wildman–Crippen MR) is 118 cm³/mol. The second kappa shape index (κ2) is 10.3. The van der Waals surface area contributed by atoms with Crippen molar-refractivity contribution in [3.8, 4) is 10.8 Å². The fraction of sp³-hybridized carbons (Fsp3) is 0.263. The van der Waals surface area contributed by atoms with Crippen molar-refractivity contribution in [3.63, 3.8) is 0 Å². The summed E-state index contributed by atoms with van der Waals surface area (Å²) in [5.74, 6) is 1.43. The highest BCUT2D eigenvalue weighted by atomic mass is 127. The number of hydrogen-bond donors (Lipinski definition) is 2. The van der Waals surface area contributed by atoms with Crippen LogP contribution in [0.1, 0.15) is 23.7 Å². The summed E-state index contributed by atoms with van der Waals surface area (Å²) in [5, 5.41) is 8.58. The Morgan fingerprint density at radius 2 is 2.04 bits per heavy atom. The number of aromatic nitrogens is 1. The van der Waals surface area contributed by atoms with Gasteiger partial charge in [0.1, 0.15) is 6.26 Å². The third kappa shape index (κ3) is 5.57. The molecule has 7 heteroatoms. The third-order valence-corrected chi connectivity index (χ3v) is 4.59. The zero-order chi connectivity index (χ0) is 17.5. The maximum atomic E-state index is 5.55. The molecule has 5 nitrogen and oxygen atoms in total. The van der Waals surface area contributed by atoms with Gasteiger partial charge in [-0.2, -0.15) is 0 Å². The van der Waals surface area contributed by atoms with Crippen LogP contribution in [0, 0.1) is 6.92 Å². The summed E-state index contributed by atoms with van der Waals surface area (Å²) >= 11 is 1.62. The standard InChI is InChI=1S/C19H22N4OS.HI/c1-3-20-19(21-11-15-8-5-4-7-14(15)2)22-12-16-13-24-18(23-16)17-9-6-10-25-17;/h4-10,13H,3,11-12H2,1-2H3,(H2,20,21,22);1H. The van der Waals surface area contributed by atoms with Crippen molar-refractivity contribution >= 4 is 41.3 Å². The van der Waals surface area contributed by atoms with E-state index in [-0.39, 0.29) is 24.0 Å². The average molecular weight is 482 g/mol. The van der Waals surface area contributed by atoms with E-state index >= 15 is 0 Å². The number of aryl methyl sites for hydroxylation is 1. The minimum absolute atomic E-state index is 0. The summed E-state index contributed by atoms with van der Waals surface area (Å²) in [6, 6.07) is 12.3. The summed E-state index contributed by atoms with van der Waals surface area (Å²) in [5.41, 5.74) is 3.32. The first-order valence-electron chi connectivity index (χ1n) is 8.31. The number of aliphatic imine (C=N–C) groups is 1. The Bertz CT molecular complexity index is 830. The fourth-order valence-electron chi connectivity index (χ4n) is 2.37. The monoisotopic (exact) mass is 482 g/mol. The van der Waals surface area contributed by atoms with Gasteiger partial charge in [-0.3, -0.25) is 0 Å². The summed E-state index contributed by atoms with van der Waals surface area (Å²) < 4.78 is 5.55. The van der Waals surface area contributed by atoms with Crippen LogP contribution in [0.25, 0.3) is 10.8 Å². The Morgan fingerprint density at radius 1 is 1.19 bits per heavy atom. The number of guanidine groups is 1. The molecule has 138 valence electrons. The molecule has 3 aromatic rings. The van der Waals surface area contributed by atoms with E-state index in [0.717, 1.165) is 23.1 Å². The van der Waals surface area contributed by atoms with Gasteiger partial charge in [-0.15, -0.1) is 35.3 Å². The minimum Gasteiger partial charge on any atom is -0.443 e. The SMILES string of the molecule is CCNC(=NCc1ccccc1C)NCc1coc(-c2cccs2)n1.I. The van der Waals surface area contributed by atoms with Crippen molar-refractivity contribution in [2.75, 3.05) is 6.54 Å². The van der Waals surface area contributed by atoms with Crippen molar-refractivity contribution in [2.45, 2.75) is 26.9 Å². The van der Waals surface area contributed by atoms with Gasteiger partial charge >= 0.3 is 0 Å². The summed E-state index contributed by atoms with van der Waals surface area (Å²) in [6.07, 6.45) is 1.69. The van der Waals surface area contributed by atoms with Gasteiger partial charge in [0.25, 0.3) is 0 Å². The number of nitrogens with zero attached hydrogens (tertiary/aromatic N) is 2. The molecule has 0 amide bonds. The van der Waals surface area contributed by atoms with Gasteiger partial charge in [-0.1, -0.05) is 30.3 Å². The van der Waals surface area contributed by atoms with E-state index in [0.29, 0.717) is 19.0 Å². The van der Waals surface area contributed by atoms with Crippen LogP contribution in [-0.4, -0.2) is 17.5 Å². The van der Waals surface area contributed by atoms with E-state index in [2.05, 4.69) is 46.6 Å². The van der Waals surface area contributed by atoms with Crippen LogP contribution in [0.2, 0.25) is 0 Å². The largest absolute Gasteiger partial charge is 0.443 e. The number of rotatable bonds is 6. The predicted octanol–water partition coefficient (Wildman–Crippen LogP) is 4.58. The first-order chi connectivity index (χ1) is 12.3. The van der Waals surface area contributed by atoms with Crippen molar-refractivity contribution in [2.24, 2.45) is 4.99 Å². The molecule has 0 unspecified atom stereocenters. The van der Waals surface area contributed by atoms with Crippen molar-refractivity contribution in [1.82, 2.24) is 15.6 Å². The number of benzene rings is 1. The Morgan fingerprint density at radius 3 is 2.77 bits per heavy atom. The van der Waals surface area contributed by atoms with Crippen LogP contribution in [0.4, 0.5) is 0 Å². The van der Waals surface area contributed by atoms with Gasteiger partial charge in [0.05, 0.1) is 23.7 Å². The number of hydrogen-bond acceptors (Lipinski definition) is 4. The average Bonchev–Trinajstić information content (AvgIpc) is 3.30. The van der Waals surface area contributed by atoms with E-state index in [1.807, 2.05) is 29.6 Å². The normalized spacial score (nSPS) is 11.1. The highest BCUT2D eigenvalue weighted by Crippen LogP contribution is 2.23. The number of halogens is 1. The van der Waals surface area contributed by atoms with E-state index in [4.69, 9.17) is 4.42 Å². The first kappa shape index (κ1) is 20.4. The first-order valence-corrected chi connectivity index (χ1v) is 9.19. The Balaban J connectivity index is 0.00000243. The molecular weight excluding hydrogens is 459 g/mol. The molecule has 3 rings (SSSR count). The Labute approximate surface area is 175 Å². The van der Waals surface area contributed by atoms with Gasteiger partial charge < -0.3 is 15.1 Å².